The minimum absolute atomic E-state index is 0.0219. The van der Waals surface area contributed by atoms with Crippen molar-refractivity contribution in [3.63, 3.8) is 0 Å². The van der Waals surface area contributed by atoms with Crippen molar-refractivity contribution in [3.05, 3.63) is 54.1 Å². The summed E-state index contributed by atoms with van der Waals surface area (Å²) in [6.45, 7) is 6.96. The molecule has 5 heteroatoms. The number of anilines is 1. The molecule has 0 saturated carbocycles. The van der Waals surface area contributed by atoms with Crippen molar-refractivity contribution in [1.82, 2.24) is 14.9 Å². The van der Waals surface area contributed by atoms with Gasteiger partial charge in [0.05, 0.1) is 17.6 Å². The topological polar surface area (TPSA) is 41.5 Å². The van der Waals surface area contributed by atoms with Crippen LogP contribution in [0.2, 0.25) is 0 Å². The van der Waals surface area contributed by atoms with E-state index in [9.17, 15) is 0 Å². The molecule has 1 aliphatic heterocycles. The molecule has 0 aliphatic carbocycles. The summed E-state index contributed by atoms with van der Waals surface area (Å²) in [4.78, 5) is 13.7. The smallest absolute Gasteiger partial charge is 0.113 e. The van der Waals surface area contributed by atoms with E-state index in [1.807, 2.05) is 13.1 Å². The molecule has 0 spiro atoms. The van der Waals surface area contributed by atoms with Gasteiger partial charge in [0.2, 0.25) is 0 Å². The lowest BCUT2D eigenvalue weighted by molar-refractivity contribution is 0.0583. The van der Waals surface area contributed by atoms with Crippen LogP contribution in [0.4, 0.5) is 5.69 Å². The Labute approximate surface area is 137 Å². The Hall–Kier alpha value is -1.98. The zero-order valence-electron chi connectivity index (χ0n) is 13.9. The van der Waals surface area contributed by atoms with Crippen molar-refractivity contribution in [2.24, 2.45) is 0 Å². The average molecular weight is 312 g/mol. The van der Waals surface area contributed by atoms with Crippen LogP contribution in [0.15, 0.2) is 42.7 Å². The summed E-state index contributed by atoms with van der Waals surface area (Å²) in [7, 11) is 1.74. The number of aryl methyl sites for hydroxylation is 1. The fourth-order valence-electron chi connectivity index (χ4n) is 2.92. The van der Waals surface area contributed by atoms with Crippen LogP contribution in [0.3, 0.4) is 0 Å². The molecular weight excluding hydrogens is 288 g/mol. The molecule has 2 heterocycles. The van der Waals surface area contributed by atoms with E-state index in [4.69, 9.17) is 4.74 Å². The second kappa shape index (κ2) is 7.53. The van der Waals surface area contributed by atoms with Crippen molar-refractivity contribution in [3.8, 4) is 0 Å². The summed E-state index contributed by atoms with van der Waals surface area (Å²) >= 11 is 0. The molecule has 1 atom stereocenters. The quantitative estimate of drug-likeness (QED) is 0.847. The molecule has 1 fully saturated rings. The molecule has 23 heavy (non-hydrogen) atoms. The van der Waals surface area contributed by atoms with Gasteiger partial charge in [0.25, 0.3) is 0 Å². The number of ether oxygens (including phenoxy) is 1. The monoisotopic (exact) mass is 312 g/mol. The van der Waals surface area contributed by atoms with Crippen molar-refractivity contribution in [1.29, 1.82) is 0 Å². The first-order valence-corrected chi connectivity index (χ1v) is 8.10. The van der Waals surface area contributed by atoms with Gasteiger partial charge in [-0.1, -0.05) is 18.2 Å². The summed E-state index contributed by atoms with van der Waals surface area (Å²) in [6.07, 6.45) is 3.60. The number of hydrogen-bond acceptors (Lipinski definition) is 5. The van der Waals surface area contributed by atoms with Crippen molar-refractivity contribution < 1.29 is 4.74 Å². The minimum atomic E-state index is -0.0219. The predicted octanol–water partition coefficient (Wildman–Crippen LogP) is 2.29. The molecule has 1 aromatic heterocycles. The third-order valence-electron chi connectivity index (χ3n) is 4.33. The van der Waals surface area contributed by atoms with Gasteiger partial charge in [-0.3, -0.25) is 14.9 Å². The van der Waals surface area contributed by atoms with Gasteiger partial charge in [0.1, 0.15) is 6.10 Å². The molecule has 122 valence electrons. The molecule has 1 aromatic carbocycles. The normalized spacial score (nSPS) is 17.2. The van der Waals surface area contributed by atoms with Crippen LogP contribution in [0, 0.1) is 6.92 Å². The molecule has 1 saturated heterocycles. The van der Waals surface area contributed by atoms with E-state index in [2.05, 4.69) is 50.1 Å². The van der Waals surface area contributed by atoms with Gasteiger partial charge >= 0.3 is 0 Å². The Kier molecular flexibility index (Phi) is 5.20. The lowest BCUT2D eigenvalue weighted by atomic mass is 10.2. The Bertz CT molecular complexity index is 594. The summed E-state index contributed by atoms with van der Waals surface area (Å²) in [6, 6.07) is 10.6. The number of aromatic nitrogens is 2. The largest absolute Gasteiger partial charge is 0.374 e. The number of piperazine rings is 1. The number of benzene rings is 1. The van der Waals surface area contributed by atoms with E-state index in [1.165, 1.54) is 5.69 Å². The highest BCUT2D eigenvalue weighted by Gasteiger charge is 2.22. The SMILES string of the molecule is COC(CN1CCN(c2ccccc2)CC1)c1cnc(C)cn1. The molecule has 0 N–H and O–H groups in total. The molecule has 0 radical (unpaired) electrons. The maximum absolute atomic E-state index is 5.63. The van der Waals surface area contributed by atoms with Crippen molar-refractivity contribution in [2.45, 2.75) is 13.0 Å². The van der Waals surface area contributed by atoms with Crippen LogP contribution >= 0.6 is 0 Å². The van der Waals surface area contributed by atoms with Crippen LogP contribution in [0.5, 0.6) is 0 Å². The lowest BCUT2D eigenvalue weighted by Crippen LogP contribution is -2.47. The zero-order valence-corrected chi connectivity index (χ0v) is 13.9. The Morgan fingerprint density at radius 2 is 1.78 bits per heavy atom. The zero-order chi connectivity index (χ0) is 16.1. The van der Waals surface area contributed by atoms with Gasteiger partial charge in [-0.2, -0.15) is 0 Å². The number of hydrogen-bond donors (Lipinski definition) is 0. The molecule has 3 rings (SSSR count). The number of rotatable bonds is 5. The van der Waals surface area contributed by atoms with Gasteiger partial charge in [-0.15, -0.1) is 0 Å². The minimum Gasteiger partial charge on any atom is -0.374 e. The third-order valence-corrected chi connectivity index (χ3v) is 4.33. The Morgan fingerprint density at radius 1 is 1.04 bits per heavy atom. The third kappa shape index (κ3) is 4.06. The second-order valence-electron chi connectivity index (χ2n) is 5.93. The van der Waals surface area contributed by atoms with Crippen LogP contribution in [0.25, 0.3) is 0 Å². The maximum Gasteiger partial charge on any atom is 0.113 e. The van der Waals surface area contributed by atoms with Gasteiger partial charge in [0.15, 0.2) is 0 Å². The second-order valence-corrected chi connectivity index (χ2v) is 5.93. The van der Waals surface area contributed by atoms with Gasteiger partial charge in [-0.25, -0.2) is 0 Å². The maximum atomic E-state index is 5.63. The van der Waals surface area contributed by atoms with E-state index >= 15 is 0 Å². The predicted molar refractivity (Wildman–Crippen MR) is 91.6 cm³/mol. The van der Waals surface area contributed by atoms with Gasteiger partial charge < -0.3 is 9.64 Å². The highest BCUT2D eigenvalue weighted by molar-refractivity contribution is 5.46. The molecule has 5 nitrogen and oxygen atoms in total. The fourth-order valence-corrected chi connectivity index (χ4v) is 2.92. The average Bonchev–Trinajstić information content (AvgIpc) is 2.62. The Morgan fingerprint density at radius 3 is 2.39 bits per heavy atom. The molecule has 1 aliphatic rings. The summed E-state index contributed by atoms with van der Waals surface area (Å²) in [5, 5.41) is 0. The van der Waals surface area contributed by atoms with Crippen LogP contribution in [-0.2, 0) is 4.74 Å². The first kappa shape index (κ1) is 15.9. The van der Waals surface area contributed by atoms with Crippen LogP contribution in [0.1, 0.15) is 17.5 Å². The summed E-state index contributed by atoms with van der Waals surface area (Å²) in [5.41, 5.74) is 3.14. The molecule has 0 amide bonds. The van der Waals surface area contributed by atoms with E-state index in [0.29, 0.717) is 0 Å². The number of methoxy groups -OCH3 is 1. The first-order chi connectivity index (χ1) is 11.3. The van der Waals surface area contributed by atoms with E-state index < -0.39 is 0 Å². The molecular formula is C18H24N4O. The highest BCUT2D eigenvalue weighted by Crippen LogP contribution is 2.19. The van der Waals surface area contributed by atoms with Crippen LogP contribution in [-0.4, -0.2) is 54.7 Å². The standard InChI is InChI=1S/C18H24N4O/c1-15-12-20-17(13-19-15)18(23-2)14-21-8-10-22(11-9-21)16-6-4-3-5-7-16/h3-7,12-13,18H,8-11,14H2,1-2H3. The highest BCUT2D eigenvalue weighted by atomic mass is 16.5. The van der Waals surface area contributed by atoms with Crippen molar-refractivity contribution in [2.75, 3.05) is 44.7 Å². The fraction of sp³-hybridized carbons (Fsp3) is 0.444. The number of nitrogens with zero attached hydrogens (tertiary/aromatic N) is 4. The molecule has 2 aromatic rings. The summed E-state index contributed by atoms with van der Waals surface area (Å²) < 4.78 is 5.63. The first-order valence-electron chi connectivity index (χ1n) is 8.10. The van der Waals surface area contributed by atoms with Gasteiger partial charge in [-0.05, 0) is 19.1 Å². The van der Waals surface area contributed by atoms with Crippen molar-refractivity contribution >= 4 is 5.69 Å². The van der Waals surface area contributed by atoms with Crippen LogP contribution < -0.4 is 4.90 Å². The Balaban J connectivity index is 1.56. The van der Waals surface area contributed by atoms with E-state index in [0.717, 1.165) is 44.1 Å². The molecule has 1 unspecified atom stereocenters. The van der Waals surface area contributed by atoms with E-state index in [-0.39, 0.29) is 6.10 Å². The summed E-state index contributed by atoms with van der Waals surface area (Å²) in [5.74, 6) is 0. The molecule has 0 bridgehead atoms. The number of para-hydroxylation sites is 1. The van der Waals surface area contributed by atoms with Gasteiger partial charge in [0, 0.05) is 51.7 Å². The van der Waals surface area contributed by atoms with E-state index in [1.54, 1.807) is 13.3 Å². The lowest BCUT2D eigenvalue weighted by Gasteiger charge is -2.37.